The van der Waals surface area contributed by atoms with Crippen molar-refractivity contribution in [1.29, 1.82) is 0 Å². The predicted octanol–water partition coefficient (Wildman–Crippen LogP) is 3.56. The third-order valence-corrected chi connectivity index (χ3v) is 3.03. The maximum Gasteiger partial charge on any atom is 0.160 e. The van der Waals surface area contributed by atoms with E-state index in [-0.39, 0.29) is 0 Å². The Morgan fingerprint density at radius 1 is 1.50 bits per heavy atom. The van der Waals surface area contributed by atoms with E-state index in [2.05, 4.69) is 44.3 Å². The molecule has 0 radical (unpaired) electrons. The molecule has 3 nitrogen and oxygen atoms in total. The molecule has 16 heavy (non-hydrogen) atoms. The van der Waals surface area contributed by atoms with E-state index in [4.69, 9.17) is 11.6 Å². The van der Waals surface area contributed by atoms with Gasteiger partial charge in [0.15, 0.2) is 5.65 Å². The summed E-state index contributed by atoms with van der Waals surface area (Å²) >= 11 is 9.19. The molecule has 0 bridgehead atoms. The molecule has 2 aromatic heterocycles. The van der Waals surface area contributed by atoms with Crippen LogP contribution >= 0.6 is 27.5 Å². The highest BCUT2D eigenvalue weighted by Gasteiger charge is 2.13. The highest BCUT2D eigenvalue weighted by molar-refractivity contribution is 9.10. The van der Waals surface area contributed by atoms with Crippen molar-refractivity contribution in [3.63, 3.8) is 0 Å². The molecule has 0 aliphatic carbocycles. The van der Waals surface area contributed by atoms with Crippen molar-refractivity contribution in [3.05, 3.63) is 22.6 Å². The molecule has 5 heteroatoms. The van der Waals surface area contributed by atoms with Crippen molar-refractivity contribution in [2.24, 2.45) is 0 Å². The van der Waals surface area contributed by atoms with Crippen LogP contribution in [0.25, 0.3) is 11.2 Å². The van der Waals surface area contributed by atoms with Crippen LogP contribution in [0.1, 0.15) is 25.7 Å². The van der Waals surface area contributed by atoms with E-state index in [0.717, 1.165) is 27.9 Å². The molecule has 0 atom stereocenters. The summed E-state index contributed by atoms with van der Waals surface area (Å²) in [6, 6.07) is 2.33. The van der Waals surface area contributed by atoms with E-state index in [0.29, 0.717) is 11.9 Å². The zero-order valence-corrected chi connectivity index (χ0v) is 11.6. The van der Waals surface area contributed by atoms with Gasteiger partial charge >= 0.3 is 0 Å². The van der Waals surface area contributed by atoms with E-state index >= 15 is 0 Å². The van der Waals surface area contributed by atoms with Crippen LogP contribution in [-0.2, 0) is 6.42 Å². The first-order valence-electron chi connectivity index (χ1n) is 5.21. The smallest absolute Gasteiger partial charge is 0.160 e. The Bertz CT molecular complexity index is 507. The number of hydrogen-bond donors (Lipinski definition) is 0. The van der Waals surface area contributed by atoms with Crippen molar-refractivity contribution >= 4 is 38.7 Å². The number of aromatic nitrogens is 3. The Kier molecular flexibility index (Phi) is 3.50. The van der Waals surface area contributed by atoms with Gasteiger partial charge in [0.05, 0.1) is 0 Å². The fraction of sp³-hybridized carbons (Fsp3) is 0.455. The lowest BCUT2D eigenvalue weighted by Crippen LogP contribution is -2.07. The van der Waals surface area contributed by atoms with E-state index in [1.54, 1.807) is 6.20 Å². The van der Waals surface area contributed by atoms with Crippen molar-refractivity contribution in [1.82, 2.24) is 14.5 Å². The average molecular weight is 303 g/mol. The highest BCUT2D eigenvalue weighted by atomic mass is 79.9. The van der Waals surface area contributed by atoms with E-state index in [9.17, 15) is 0 Å². The summed E-state index contributed by atoms with van der Waals surface area (Å²) in [5, 5.41) is 0. The summed E-state index contributed by atoms with van der Waals surface area (Å²) < 4.78 is 3.09. The first-order valence-corrected chi connectivity index (χ1v) is 6.54. The molecule has 0 aromatic carbocycles. The normalized spacial score (nSPS) is 11.6. The van der Waals surface area contributed by atoms with Crippen LogP contribution in [0, 0.1) is 0 Å². The molecule has 0 amide bonds. The first kappa shape index (κ1) is 11.9. The van der Waals surface area contributed by atoms with Gasteiger partial charge in [-0.3, -0.25) is 0 Å². The van der Waals surface area contributed by atoms with Crippen molar-refractivity contribution in [3.8, 4) is 0 Å². The number of hydrogen-bond acceptors (Lipinski definition) is 2. The summed E-state index contributed by atoms with van der Waals surface area (Å²) in [7, 11) is 0. The van der Waals surface area contributed by atoms with Gasteiger partial charge in [-0.25, -0.2) is 9.97 Å². The third kappa shape index (κ3) is 2.09. The lowest BCUT2D eigenvalue weighted by atomic mass is 10.3. The molecule has 0 saturated carbocycles. The molecule has 2 heterocycles. The number of aryl methyl sites for hydroxylation is 1. The number of fused-ring (bicyclic) bond motifs is 1. The first-order chi connectivity index (χ1) is 7.63. The quantitative estimate of drug-likeness (QED) is 0.812. The predicted molar refractivity (Wildman–Crippen MR) is 70.0 cm³/mol. The zero-order valence-electron chi connectivity index (χ0n) is 9.24. The molecule has 0 unspecified atom stereocenters. The van der Waals surface area contributed by atoms with Gasteiger partial charge in [0.25, 0.3) is 0 Å². The van der Waals surface area contributed by atoms with Gasteiger partial charge < -0.3 is 4.57 Å². The van der Waals surface area contributed by atoms with Gasteiger partial charge in [-0.1, -0.05) is 0 Å². The molecule has 0 saturated heterocycles. The van der Waals surface area contributed by atoms with Crippen molar-refractivity contribution < 1.29 is 0 Å². The van der Waals surface area contributed by atoms with E-state index in [1.165, 1.54) is 0 Å². The summed E-state index contributed by atoms with van der Waals surface area (Å²) in [6.45, 7) is 4.26. The van der Waals surface area contributed by atoms with Crippen LogP contribution < -0.4 is 0 Å². The lowest BCUT2D eigenvalue weighted by Gasteiger charge is -2.11. The zero-order chi connectivity index (χ0) is 11.7. The molecule has 0 N–H and O–H groups in total. The second-order valence-corrected chi connectivity index (χ2v) is 5.22. The number of imidazole rings is 1. The minimum Gasteiger partial charge on any atom is -0.310 e. The molecule has 0 spiro atoms. The minimum absolute atomic E-state index is 0.344. The van der Waals surface area contributed by atoms with Crippen LogP contribution in [0.3, 0.4) is 0 Å². The minimum atomic E-state index is 0.344. The van der Waals surface area contributed by atoms with Crippen LogP contribution in [0.4, 0.5) is 0 Å². The van der Waals surface area contributed by atoms with Gasteiger partial charge in [0.2, 0.25) is 0 Å². The summed E-state index contributed by atoms with van der Waals surface area (Å²) in [5.41, 5.74) is 1.85. The van der Waals surface area contributed by atoms with E-state index < -0.39 is 0 Å². The molecule has 2 aromatic rings. The Balaban J connectivity index is 2.65. The maximum atomic E-state index is 5.79. The van der Waals surface area contributed by atoms with Crippen LogP contribution in [0.5, 0.6) is 0 Å². The number of pyridine rings is 1. The average Bonchev–Trinajstić information content (AvgIpc) is 2.55. The van der Waals surface area contributed by atoms with Gasteiger partial charge in [-0.05, 0) is 35.8 Å². The Labute approximate surface area is 108 Å². The standard InChI is InChI=1S/C11H13BrClN3/c1-7(2)16-10(3-4-13)15-9-5-8(12)6-14-11(9)16/h5-7H,3-4H2,1-2H3. The fourth-order valence-corrected chi connectivity index (χ4v) is 2.30. The van der Waals surface area contributed by atoms with Gasteiger partial charge in [0.1, 0.15) is 11.3 Å². The Morgan fingerprint density at radius 3 is 2.88 bits per heavy atom. The molecule has 86 valence electrons. The second kappa shape index (κ2) is 4.72. The number of halogens is 2. The van der Waals surface area contributed by atoms with Gasteiger partial charge in [0, 0.05) is 29.0 Å². The molecule has 0 fully saturated rings. The monoisotopic (exact) mass is 301 g/mol. The third-order valence-electron chi connectivity index (χ3n) is 2.40. The number of rotatable bonds is 3. The Hall–Kier alpha value is -0.610. The van der Waals surface area contributed by atoms with Crippen molar-refractivity contribution in [2.45, 2.75) is 26.3 Å². The molecule has 2 rings (SSSR count). The van der Waals surface area contributed by atoms with E-state index in [1.807, 2.05) is 6.07 Å². The maximum absolute atomic E-state index is 5.79. The van der Waals surface area contributed by atoms with Crippen LogP contribution in [0.2, 0.25) is 0 Å². The topological polar surface area (TPSA) is 30.7 Å². The fourth-order valence-electron chi connectivity index (χ4n) is 1.81. The molecular weight excluding hydrogens is 289 g/mol. The second-order valence-electron chi connectivity index (χ2n) is 3.93. The number of alkyl halides is 1. The molecule has 0 aliphatic rings. The molecule has 0 aliphatic heterocycles. The summed E-state index contributed by atoms with van der Waals surface area (Å²) in [6.07, 6.45) is 2.57. The Morgan fingerprint density at radius 2 is 2.25 bits per heavy atom. The SMILES string of the molecule is CC(C)n1c(CCCl)nc2cc(Br)cnc21. The summed E-state index contributed by atoms with van der Waals surface area (Å²) in [4.78, 5) is 8.99. The molecular formula is C11H13BrClN3. The van der Waals surface area contributed by atoms with Crippen molar-refractivity contribution in [2.75, 3.05) is 5.88 Å². The largest absolute Gasteiger partial charge is 0.310 e. The summed E-state index contributed by atoms with van der Waals surface area (Å²) in [5.74, 6) is 1.59. The lowest BCUT2D eigenvalue weighted by molar-refractivity contribution is 0.584. The van der Waals surface area contributed by atoms with Crippen LogP contribution in [-0.4, -0.2) is 20.4 Å². The van der Waals surface area contributed by atoms with Gasteiger partial charge in [-0.2, -0.15) is 0 Å². The highest BCUT2D eigenvalue weighted by Crippen LogP contribution is 2.22. The van der Waals surface area contributed by atoms with Crippen LogP contribution in [0.15, 0.2) is 16.7 Å². The van der Waals surface area contributed by atoms with Gasteiger partial charge in [-0.15, -0.1) is 11.6 Å². The number of nitrogens with zero attached hydrogens (tertiary/aromatic N) is 3.